The molecule has 0 saturated carbocycles. The Hall–Kier alpha value is -1.66. The van der Waals surface area contributed by atoms with Crippen molar-refractivity contribution in [3.63, 3.8) is 0 Å². The van der Waals surface area contributed by atoms with Crippen LogP contribution in [0.5, 0.6) is 0 Å². The maximum atomic E-state index is 11.5. The number of nitrogens with one attached hydrogen (secondary N) is 1. The third-order valence-electron chi connectivity index (χ3n) is 4.68. The third kappa shape index (κ3) is 4.05. The highest BCUT2D eigenvalue weighted by Crippen LogP contribution is 2.22. The van der Waals surface area contributed by atoms with Crippen LogP contribution in [0.4, 0.5) is 5.69 Å². The van der Waals surface area contributed by atoms with Gasteiger partial charge in [-0.15, -0.1) is 0 Å². The molecule has 1 aliphatic rings. The number of anilines is 1. The van der Waals surface area contributed by atoms with Crippen molar-refractivity contribution in [3.8, 4) is 0 Å². The van der Waals surface area contributed by atoms with Gasteiger partial charge in [-0.1, -0.05) is 12.1 Å². The number of benzene rings is 1. The minimum absolute atomic E-state index is 0.281. The molecule has 3 atom stereocenters. The molecule has 0 radical (unpaired) electrons. The van der Waals surface area contributed by atoms with Crippen molar-refractivity contribution in [2.24, 2.45) is 7.05 Å². The van der Waals surface area contributed by atoms with Gasteiger partial charge in [0.05, 0.1) is 11.9 Å². The lowest BCUT2D eigenvalue weighted by Crippen LogP contribution is -2.46. The Morgan fingerprint density at radius 2 is 2.08 bits per heavy atom. The molecule has 1 saturated heterocycles. The zero-order chi connectivity index (χ0) is 17.1. The molecule has 2 heterocycles. The van der Waals surface area contributed by atoms with Crippen LogP contribution in [0, 0.1) is 0 Å². The van der Waals surface area contributed by atoms with Crippen LogP contribution in [0.2, 0.25) is 0 Å². The summed E-state index contributed by atoms with van der Waals surface area (Å²) in [6.45, 7) is 4.29. The maximum Gasteiger partial charge on any atom is 0.0752 e. The number of hydrogen-bond donors (Lipinski definition) is 1. The molecule has 3 rings (SSSR count). The van der Waals surface area contributed by atoms with Crippen LogP contribution in [0.3, 0.4) is 0 Å². The number of nitrogens with zero attached hydrogens (tertiary/aromatic N) is 3. The molecule has 1 aromatic heterocycles. The highest BCUT2D eigenvalue weighted by atomic mass is 32.2. The van der Waals surface area contributed by atoms with Gasteiger partial charge in [-0.05, 0) is 37.5 Å². The fourth-order valence-corrected chi connectivity index (χ4v) is 3.84. The lowest BCUT2D eigenvalue weighted by molar-refractivity contribution is 0.388. The Kier molecular flexibility index (Phi) is 5.36. The van der Waals surface area contributed by atoms with Crippen molar-refractivity contribution in [1.82, 2.24) is 15.1 Å². The van der Waals surface area contributed by atoms with Gasteiger partial charge in [0.25, 0.3) is 0 Å². The van der Waals surface area contributed by atoms with E-state index < -0.39 is 10.8 Å². The molecule has 0 unspecified atom stereocenters. The zero-order valence-corrected chi connectivity index (χ0v) is 15.4. The second-order valence-electron chi connectivity index (χ2n) is 6.57. The first kappa shape index (κ1) is 17.2. The number of piperidine rings is 1. The van der Waals surface area contributed by atoms with Gasteiger partial charge in [0.2, 0.25) is 0 Å². The van der Waals surface area contributed by atoms with Gasteiger partial charge < -0.3 is 10.2 Å². The molecule has 130 valence electrons. The molecule has 0 bridgehead atoms. The maximum absolute atomic E-state index is 11.5. The predicted octanol–water partition coefficient (Wildman–Crippen LogP) is 2.48. The SMILES string of the molecule is C[C@H](N[C@H]1CCCN(c2cnn(C)c2)C1)c1ccc([S@](C)=O)cc1. The lowest BCUT2D eigenvalue weighted by atomic mass is 10.0. The summed E-state index contributed by atoms with van der Waals surface area (Å²) in [4.78, 5) is 3.29. The summed E-state index contributed by atoms with van der Waals surface area (Å²) >= 11 is 0. The summed E-state index contributed by atoms with van der Waals surface area (Å²) in [7, 11) is 1.04. The summed E-state index contributed by atoms with van der Waals surface area (Å²) in [6, 6.07) is 8.84. The van der Waals surface area contributed by atoms with Crippen molar-refractivity contribution in [3.05, 3.63) is 42.2 Å². The average molecular weight is 347 g/mol. The molecule has 0 amide bonds. The lowest BCUT2D eigenvalue weighted by Gasteiger charge is -2.35. The van der Waals surface area contributed by atoms with Crippen molar-refractivity contribution < 1.29 is 4.21 Å². The van der Waals surface area contributed by atoms with E-state index in [0.29, 0.717) is 6.04 Å². The van der Waals surface area contributed by atoms with E-state index in [1.165, 1.54) is 24.1 Å². The topological polar surface area (TPSA) is 50.2 Å². The molecule has 0 spiro atoms. The molecule has 1 fully saturated rings. The summed E-state index contributed by atoms with van der Waals surface area (Å²) in [6.07, 6.45) is 8.11. The molecule has 1 aliphatic heterocycles. The second-order valence-corrected chi connectivity index (χ2v) is 7.95. The summed E-state index contributed by atoms with van der Waals surface area (Å²) in [5.41, 5.74) is 2.44. The number of rotatable bonds is 5. The molecule has 0 aliphatic carbocycles. The first-order valence-corrected chi connectivity index (χ1v) is 10.0. The van der Waals surface area contributed by atoms with Gasteiger partial charge in [-0.2, -0.15) is 5.10 Å². The third-order valence-corrected chi connectivity index (χ3v) is 5.61. The van der Waals surface area contributed by atoms with E-state index in [9.17, 15) is 4.21 Å². The monoisotopic (exact) mass is 346 g/mol. The zero-order valence-electron chi connectivity index (χ0n) is 14.6. The molecule has 1 aromatic carbocycles. The number of aromatic nitrogens is 2. The van der Waals surface area contributed by atoms with Crippen LogP contribution >= 0.6 is 0 Å². The fraction of sp³-hybridized carbons (Fsp3) is 0.500. The molecule has 1 N–H and O–H groups in total. The van der Waals surface area contributed by atoms with E-state index in [0.717, 1.165) is 18.0 Å². The van der Waals surface area contributed by atoms with Crippen molar-refractivity contribution in [2.45, 2.75) is 36.7 Å². The summed E-state index contributed by atoms with van der Waals surface area (Å²) in [5.74, 6) is 0. The van der Waals surface area contributed by atoms with E-state index in [1.807, 2.05) is 30.1 Å². The number of hydrogen-bond acceptors (Lipinski definition) is 4. The van der Waals surface area contributed by atoms with Crippen LogP contribution in [0.15, 0.2) is 41.6 Å². The minimum atomic E-state index is -0.916. The van der Waals surface area contributed by atoms with Gasteiger partial charge in [0, 0.05) is 60.4 Å². The van der Waals surface area contributed by atoms with E-state index in [-0.39, 0.29) is 6.04 Å². The van der Waals surface area contributed by atoms with Gasteiger partial charge in [0.1, 0.15) is 0 Å². The molecule has 2 aromatic rings. The van der Waals surface area contributed by atoms with E-state index in [1.54, 1.807) is 6.26 Å². The van der Waals surface area contributed by atoms with Crippen LogP contribution in [0.25, 0.3) is 0 Å². The Morgan fingerprint density at radius 3 is 2.71 bits per heavy atom. The van der Waals surface area contributed by atoms with E-state index >= 15 is 0 Å². The Balaban J connectivity index is 1.61. The Morgan fingerprint density at radius 1 is 1.33 bits per heavy atom. The largest absolute Gasteiger partial charge is 0.367 e. The molecular formula is C18H26N4OS. The minimum Gasteiger partial charge on any atom is -0.367 e. The molecule has 24 heavy (non-hydrogen) atoms. The first-order chi connectivity index (χ1) is 11.5. The van der Waals surface area contributed by atoms with Gasteiger partial charge in [0.15, 0.2) is 0 Å². The quantitative estimate of drug-likeness (QED) is 0.904. The van der Waals surface area contributed by atoms with Crippen molar-refractivity contribution >= 4 is 16.5 Å². The highest BCUT2D eigenvalue weighted by molar-refractivity contribution is 7.84. The van der Waals surface area contributed by atoms with E-state index in [2.05, 4.69) is 40.6 Å². The summed E-state index contributed by atoms with van der Waals surface area (Å²) < 4.78 is 13.4. The van der Waals surface area contributed by atoms with Crippen LogP contribution < -0.4 is 10.2 Å². The van der Waals surface area contributed by atoms with Gasteiger partial charge in [-0.25, -0.2) is 0 Å². The van der Waals surface area contributed by atoms with Crippen molar-refractivity contribution in [1.29, 1.82) is 0 Å². The molecule has 5 nitrogen and oxygen atoms in total. The first-order valence-electron chi connectivity index (χ1n) is 8.46. The second kappa shape index (κ2) is 7.49. The Labute approximate surface area is 146 Å². The highest BCUT2D eigenvalue weighted by Gasteiger charge is 2.22. The molecule has 6 heteroatoms. The van der Waals surface area contributed by atoms with Crippen LogP contribution in [-0.2, 0) is 17.8 Å². The van der Waals surface area contributed by atoms with Crippen LogP contribution in [-0.4, -0.2) is 39.4 Å². The summed E-state index contributed by atoms with van der Waals surface area (Å²) in [5, 5.41) is 8.02. The van der Waals surface area contributed by atoms with E-state index in [4.69, 9.17) is 0 Å². The molecular weight excluding hydrogens is 320 g/mol. The van der Waals surface area contributed by atoms with Crippen LogP contribution in [0.1, 0.15) is 31.4 Å². The van der Waals surface area contributed by atoms with Gasteiger partial charge >= 0.3 is 0 Å². The fourth-order valence-electron chi connectivity index (χ4n) is 3.32. The average Bonchev–Trinajstić information content (AvgIpc) is 3.02. The van der Waals surface area contributed by atoms with Gasteiger partial charge in [-0.3, -0.25) is 8.89 Å². The number of aryl methyl sites for hydroxylation is 1. The Bertz CT molecular complexity index is 697. The van der Waals surface area contributed by atoms with Crippen molar-refractivity contribution in [2.75, 3.05) is 24.2 Å². The standard InChI is InChI=1S/C18H26N4OS/c1-14(15-6-8-18(9-7-15)24(3)23)20-16-5-4-10-22(12-16)17-11-19-21(2)13-17/h6-9,11,13-14,16,20H,4-5,10,12H2,1-3H3/t14-,16-,24-/m0/s1. The normalized spacial score (nSPS) is 20.8. The smallest absolute Gasteiger partial charge is 0.0752 e. The predicted molar refractivity (Wildman–Crippen MR) is 98.8 cm³/mol.